The first-order chi connectivity index (χ1) is 20.4. The summed E-state index contributed by atoms with van der Waals surface area (Å²) in [5.41, 5.74) is 2.25. The van der Waals surface area contributed by atoms with Gasteiger partial charge in [-0.05, 0) is 49.9 Å². The van der Waals surface area contributed by atoms with E-state index in [0.717, 1.165) is 35.5 Å². The van der Waals surface area contributed by atoms with Crippen molar-refractivity contribution in [1.82, 2.24) is 10.1 Å². The number of anilines is 1. The van der Waals surface area contributed by atoms with Gasteiger partial charge in [0.2, 0.25) is 0 Å². The van der Waals surface area contributed by atoms with Gasteiger partial charge in [-0.15, -0.1) is 0 Å². The minimum Gasteiger partial charge on any atom is -0.494 e. The first-order valence-corrected chi connectivity index (χ1v) is 15.4. The highest BCUT2D eigenvalue weighted by molar-refractivity contribution is 7.22. The fourth-order valence-corrected chi connectivity index (χ4v) is 8.00. The van der Waals surface area contributed by atoms with Crippen LogP contribution in [0.1, 0.15) is 70.9 Å². The summed E-state index contributed by atoms with van der Waals surface area (Å²) in [6, 6.07) is 8.95. The smallest absolute Gasteiger partial charge is 0.344 e. The lowest BCUT2D eigenvalue weighted by atomic mass is 9.99. The molecule has 42 heavy (non-hydrogen) atoms. The number of benzene rings is 2. The zero-order valence-electron chi connectivity index (χ0n) is 22.9. The number of aromatic nitrogens is 2. The molecule has 0 N–H and O–H groups in total. The third-order valence-electron chi connectivity index (χ3n) is 8.34. The van der Waals surface area contributed by atoms with Crippen LogP contribution in [0.15, 0.2) is 34.9 Å². The Morgan fingerprint density at radius 3 is 2.38 bits per heavy atom. The van der Waals surface area contributed by atoms with E-state index in [9.17, 15) is 9.59 Å². The summed E-state index contributed by atoms with van der Waals surface area (Å²) >= 11 is 14.5. The van der Waals surface area contributed by atoms with Gasteiger partial charge in [-0.25, -0.2) is 14.6 Å². The monoisotopic (exact) mass is 627 g/mol. The molecule has 2 aliphatic heterocycles. The van der Waals surface area contributed by atoms with Crippen LogP contribution in [0.2, 0.25) is 10.0 Å². The van der Waals surface area contributed by atoms with E-state index < -0.39 is 11.9 Å². The van der Waals surface area contributed by atoms with E-state index in [1.807, 2.05) is 0 Å². The number of ether oxygens (including phenoxy) is 3. The van der Waals surface area contributed by atoms with E-state index in [1.165, 1.54) is 18.4 Å². The standard InChI is InChI=1S/C30H27Cl2N3O6S/c1-38-21-10-15(28(36)39-2)11-22-25(21)33-30(42-22)35-16-8-9-17(35)13-18(12-16)40-29(37)24-26(34-41-27(24)14-6-7-14)23-19(31)4-3-5-20(23)32/h3-5,10-11,14,16-18H,6-9,12-13H2,1-2H3/t16-,17+,18+. The van der Waals surface area contributed by atoms with Crippen LogP contribution in [-0.4, -0.2) is 54.5 Å². The second kappa shape index (κ2) is 10.7. The molecule has 4 aromatic rings. The second-order valence-electron chi connectivity index (χ2n) is 10.9. The number of rotatable bonds is 7. The van der Waals surface area contributed by atoms with Gasteiger partial charge in [-0.2, -0.15) is 0 Å². The molecule has 2 aromatic heterocycles. The molecule has 3 fully saturated rings. The highest BCUT2D eigenvalue weighted by atomic mass is 35.5. The molecule has 0 radical (unpaired) electrons. The van der Waals surface area contributed by atoms with E-state index in [-0.39, 0.29) is 24.1 Å². The van der Waals surface area contributed by atoms with Crippen LogP contribution in [0.4, 0.5) is 5.13 Å². The minimum atomic E-state index is -0.456. The minimum absolute atomic E-state index is 0.142. The predicted octanol–water partition coefficient (Wildman–Crippen LogP) is 7.29. The molecule has 1 aliphatic carbocycles. The summed E-state index contributed by atoms with van der Waals surface area (Å²) in [6.45, 7) is 0. The second-order valence-corrected chi connectivity index (χ2v) is 12.8. The maximum absolute atomic E-state index is 13.7. The first kappa shape index (κ1) is 27.5. The lowest BCUT2D eigenvalue weighted by Crippen LogP contribution is -2.46. The topological polar surface area (TPSA) is 104 Å². The average molecular weight is 629 g/mol. The van der Waals surface area contributed by atoms with Gasteiger partial charge in [0.15, 0.2) is 10.9 Å². The molecule has 0 unspecified atom stereocenters. The molecule has 2 bridgehead atoms. The van der Waals surface area contributed by atoms with Gasteiger partial charge < -0.3 is 23.6 Å². The number of carbonyl (C=O) groups excluding carboxylic acids is 2. The summed E-state index contributed by atoms with van der Waals surface area (Å²) in [4.78, 5) is 33.2. The molecule has 9 nitrogen and oxygen atoms in total. The third kappa shape index (κ3) is 4.69. The Morgan fingerprint density at radius 2 is 1.74 bits per heavy atom. The Labute approximate surface area is 255 Å². The van der Waals surface area contributed by atoms with Crippen molar-refractivity contribution < 1.29 is 28.3 Å². The highest BCUT2D eigenvalue weighted by Gasteiger charge is 2.45. The van der Waals surface area contributed by atoms with Gasteiger partial charge in [0.25, 0.3) is 0 Å². The van der Waals surface area contributed by atoms with Crippen LogP contribution >= 0.6 is 34.5 Å². The Kier molecular flexibility index (Phi) is 7.03. The number of carbonyl (C=O) groups is 2. The van der Waals surface area contributed by atoms with Gasteiger partial charge in [0.05, 0.1) is 34.5 Å². The number of fused-ring (bicyclic) bond motifs is 3. The Balaban J connectivity index is 1.14. The normalized spacial score (nSPS) is 21.5. The summed E-state index contributed by atoms with van der Waals surface area (Å²) in [5, 5.41) is 5.89. The van der Waals surface area contributed by atoms with Gasteiger partial charge in [0.1, 0.15) is 28.6 Å². The summed E-state index contributed by atoms with van der Waals surface area (Å²) in [7, 11) is 2.92. The maximum Gasteiger partial charge on any atom is 0.344 e. The highest BCUT2D eigenvalue weighted by Crippen LogP contribution is 2.48. The van der Waals surface area contributed by atoms with Crippen molar-refractivity contribution in [2.75, 3.05) is 19.1 Å². The SMILES string of the molecule is COC(=O)c1cc(OC)c2nc(N3[C@@H]4CC[C@H]3C[C@@H](OC(=O)c3c(-c5c(Cl)cccc5Cl)noc3C3CC3)C4)sc2c1. The molecule has 0 spiro atoms. The lowest BCUT2D eigenvalue weighted by molar-refractivity contribution is 0.0202. The molecule has 2 saturated heterocycles. The molecule has 1 saturated carbocycles. The van der Waals surface area contributed by atoms with Crippen LogP contribution in [0.25, 0.3) is 21.5 Å². The average Bonchev–Trinajstić information content (AvgIpc) is 3.48. The number of methoxy groups -OCH3 is 2. The fourth-order valence-electron chi connectivity index (χ4n) is 6.25. The van der Waals surface area contributed by atoms with E-state index in [2.05, 4.69) is 10.1 Å². The van der Waals surface area contributed by atoms with Gasteiger partial charge >= 0.3 is 11.9 Å². The van der Waals surface area contributed by atoms with Crippen molar-refractivity contribution in [3.8, 4) is 17.0 Å². The van der Waals surface area contributed by atoms with E-state index in [4.69, 9.17) is 46.9 Å². The van der Waals surface area contributed by atoms with Crippen molar-refractivity contribution in [2.45, 2.75) is 62.6 Å². The molecule has 7 rings (SSSR count). The van der Waals surface area contributed by atoms with E-state index in [0.29, 0.717) is 62.3 Å². The molecular weight excluding hydrogens is 601 g/mol. The summed E-state index contributed by atoms with van der Waals surface area (Å²) < 4.78 is 23.2. The number of halogens is 2. The molecule has 4 heterocycles. The van der Waals surface area contributed by atoms with Gasteiger partial charge in [-0.1, -0.05) is 45.8 Å². The van der Waals surface area contributed by atoms with E-state index in [1.54, 1.807) is 37.4 Å². The fraction of sp³-hybridized carbons (Fsp3) is 0.400. The Hall–Kier alpha value is -3.34. The molecule has 12 heteroatoms. The van der Waals surface area contributed by atoms with Crippen molar-refractivity contribution in [2.24, 2.45) is 0 Å². The van der Waals surface area contributed by atoms with Crippen molar-refractivity contribution >= 4 is 61.8 Å². The third-order valence-corrected chi connectivity index (χ3v) is 9.99. The summed E-state index contributed by atoms with van der Waals surface area (Å²) in [6.07, 6.45) is 4.89. The predicted molar refractivity (Wildman–Crippen MR) is 159 cm³/mol. The van der Waals surface area contributed by atoms with Gasteiger partial charge in [-0.3, -0.25) is 0 Å². The number of hydrogen-bond acceptors (Lipinski definition) is 10. The first-order valence-electron chi connectivity index (χ1n) is 13.9. The number of esters is 2. The molecule has 218 valence electrons. The van der Waals surface area contributed by atoms with Crippen molar-refractivity contribution in [3.05, 3.63) is 57.3 Å². The zero-order valence-corrected chi connectivity index (χ0v) is 25.2. The van der Waals surface area contributed by atoms with Crippen LogP contribution < -0.4 is 9.64 Å². The number of thiazole rings is 1. The zero-order chi connectivity index (χ0) is 29.1. The van der Waals surface area contributed by atoms with Crippen molar-refractivity contribution in [3.63, 3.8) is 0 Å². The molecule has 3 aliphatic rings. The molecular formula is C30H27Cl2N3O6S. The van der Waals surface area contributed by atoms with Crippen LogP contribution in [0.3, 0.4) is 0 Å². The van der Waals surface area contributed by atoms with Crippen LogP contribution in [0.5, 0.6) is 5.75 Å². The molecule has 2 aromatic carbocycles. The Morgan fingerprint density at radius 1 is 1.02 bits per heavy atom. The van der Waals surface area contributed by atoms with E-state index >= 15 is 0 Å². The number of nitrogens with zero attached hydrogens (tertiary/aromatic N) is 3. The quantitative estimate of drug-likeness (QED) is 0.195. The maximum atomic E-state index is 13.7. The van der Waals surface area contributed by atoms with Crippen LogP contribution in [-0.2, 0) is 9.47 Å². The van der Waals surface area contributed by atoms with Crippen molar-refractivity contribution in [1.29, 1.82) is 0 Å². The Bertz CT molecular complexity index is 1680. The molecule has 0 amide bonds. The van der Waals surface area contributed by atoms with Crippen LogP contribution in [0, 0.1) is 0 Å². The number of piperidine rings is 1. The number of hydrogen-bond donors (Lipinski definition) is 0. The largest absolute Gasteiger partial charge is 0.494 e. The molecule has 3 atom stereocenters. The lowest BCUT2D eigenvalue weighted by Gasteiger charge is -2.38. The van der Waals surface area contributed by atoms with Gasteiger partial charge in [0, 0.05) is 36.4 Å². The summed E-state index contributed by atoms with van der Waals surface area (Å²) in [5.74, 6) is 0.332.